The highest BCUT2D eigenvalue weighted by Gasteiger charge is 2.19. The fraction of sp³-hybridized carbons (Fsp3) is 0.323. The Labute approximate surface area is 224 Å². The molecule has 1 aliphatic heterocycles. The number of carbonyl (C=O) groups excluding carboxylic acids is 1. The maximum absolute atomic E-state index is 11.5. The van der Waals surface area contributed by atoms with Crippen LogP contribution in [0.25, 0.3) is 22.0 Å². The molecule has 0 saturated carbocycles. The second-order valence-corrected chi connectivity index (χ2v) is 10.4. The highest BCUT2D eigenvalue weighted by atomic mass is 35.5. The van der Waals surface area contributed by atoms with E-state index in [9.17, 15) is 4.79 Å². The molecule has 1 fully saturated rings. The predicted molar refractivity (Wildman–Crippen MR) is 153 cm³/mol. The van der Waals surface area contributed by atoms with Crippen LogP contribution in [-0.4, -0.2) is 46.5 Å². The van der Waals surface area contributed by atoms with Crippen LogP contribution < -0.4 is 5.73 Å². The third kappa shape index (κ3) is 5.90. The number of aromatic nitrogens is 1. The molecule has 37 heavy (non-hydrogen) atoms. The van der Waals surface area contributed by atoms with Gasteiger partial charge in [-0.25, -0.2) is 0 Å². The molecule has 1 aromatic heterocycles. The summed E-state index contributed by atoms with van der Waals surface area (Å²) < 4.78 is 2.37. The summed E-state index contributed by atoms with van der Waals surface area (Å²) in [4.78, 5) is 16.6. The Morgan fingerprint density at radius 3 is 2.30 bits per heavy atom. The number of nitrogens with zero attached hydrogens (tertiary/aromatic N) is 3. The number of rotatable bonds is 9. The number of nitrogens with two attached hydrogens (primary N) is 1. The number of halogens is 1. The molecule has 0 radical (unpaired) electrons. The van der Waals surface area contributed by atoms with Crippen LogP contribution >= 0.6 is 11.6 Å². The van der Waals surface area contributed by atoms with E-state index in [-0.39, 0.29) is 0 Å². The topological polar surface area (TPSA) is 54.5 Å². The minimum atomic E-state index is -0.397. The van der Waals surface area contributed by atoms with Crippen LogP contribution in [0.2, 0.25) is 5.02 Å². The first-order valence-corrected chi connectivity index (χ1v) is 13.6. The number of benzene rings is 3. The maximum Gasteiger partial charge on any atom is 0.248 e. The van der Waals surface area contributed by atoms with Crippen molar-refractivity contribution in [3.8, 4) is 11.1 Å². The number of hydrogen-bond acceptors (Lipinski definition) is 3. The van der Waals surface area contributed by atoms with Gasteiger partial charge in [-0.2, -0.15) is 0 Å². The first-order chi connectivity index (χ1) is 18.0. The van der Waals surface area contributed by atoms with E-state index in [1.54, 1.807) is 0 Å². The van der Waals surface area contributed by atoms with Gasteiger partial charge in [-0.1, -0.05) is 61.3 Å². The Hall–Kier alpha value is -3.12. The Balaban J connectivity index is 1.33. The SMILES string of the molecule is CCCCn1cc(-c2ccc(C(N)=O)cc2)c2cc(CN3CCN(Cc4ccccc4Cl)CC3)ccc21. The lowest BCUT2D eigenvalue weighted by atomic mass is 10.0. The molecule has 0 unspecified atom stereocenters. The predicted octanol–water partition coefficient (Wildman–Crippen LogP) is 6.18. The van der Waals surface area contributed by atoms with E-state index in [0.717, 1.165) is 69.2 Å². The lowest BCUT2D eigenvalue weighted by Gasteiger charge is -2.35. The Kier molecular flexibility index (Phi) is 7.94. The minimum absolute atomic E-state index is 0.397. The van der Waals surface area contributed by atoms with E-state index >= 15 is 0 Å². The van der Waals surface area contributed by atoms with Gasteiger partial charge >= 0.3 is 0 Å². The molecule has 0 atom stereocenters. The summed E-state index contributed by atoms with van der Waals surface area (Å²) in [5.41, 5.74) is 12.1. The van der Waals surface area contributed by atoms with Gasteiger partial charge in [0.1, 0.15) is 0 Å². The Morgan fingerprint density at radius 1 is 0.919 bits per heavy atom. The van der Waals surface area contributed by atoms with Gasteiger partial charge in [-0.3, -0.25) is 14.6 Å². The van der Waals surface area contributed by atoms with Crippen molar-refractivity contribution >= 4 is 28.4 Å². The monoisotopic (exact) mass is 514 g/mol. The van der Waals surface area contributed by atoms with Gasteiger partial charge in [-0.05, 0) is 53.4 Å². The summed E-state index contributed by atoms with van der Waals surface area (Å²) in [5, 5.41) is 2.11. The van der Waals surface area contributed by atoms with E-state index in [4.69, 9.17) is 17.3 Å². The van der Waals surface area contributed by atoms with Crippen LogP contribution in [0, 0.1) is 0 Å². The van der Waals surface area contributed by atoms with Gasteiger partial charge in [-0.15, -0.1) is 0 Å². The molecule has 6 heteroatoms. The molecule has 0 bridgehead atoms. The van der Waals surface area contributed by atoms with Gasteiger partial charge < -0.3 is 10.3 Å². The molecule has 0 aliphatic carbocycles. The van der Waals surface area contributed by atoms with Gasteiger partial charge in [0.15, 0.2) is 0 Å². The van der Waals surface area contributed by atoms with Crippen LogP contribution in [0.4, 0.5) is 0 Å². The van der Waals surface area contributed by atoms with Gasteiger partial charge in [0, 0.05) is 79.1 Å². The lowest BCUT2D eigenvalue weighted by molar-refractivity contribution is 0.100. The van der Waals surface area contributed by atoms with Gasteiger partial charge in [0.25, 0.3) is 0 Å². The molecule has 5 rings (SSSR count). The van der Waals surface area contributed by atoms with Crippen molar-refractivity contribution in [2.45, 2.75) is 39.4 Å². The average molecular weight is 515 g/mol. The third-order valence-electron chi connectivity index (χ3n) is 7.40. The van der Waals surface area contributed by atoms with Gasteiger partial charge in [0.2, 0.25) is 5.91 Å². The normalized spacial score (nSPS) is 14.9. The summed E-state index contributed by atoms with van der Waals surface area (Å²) in [7, 11) is 0. The second kappa shape index (κ2) is 11.5. The number of unbranched alkanes of at least 4 members (excludes halogenated alkanes) is 1. The largest absolute Gasteiger partial charge is 0.366 e. The fourth-order valence-corrected chi connectivity index (χ4v) is 5.43. The molecule has 3 aromatic carbocycles. The first kappa shape index (κ1) is 25.5. The number of hydrogen-bond donors (Lipinski definition) is 1. The van der Waals surface area contributed by atoms with E-state index in [1.807, 2.05) is 36.4 Å². The second-order valence-electron chi connectivity index (χ2n) is 10.0. The zero-order valence-corrected chi connectivity index (χ0v) is 22.3. The summed E-state index contributed by atoms with van der Waals surface area (Å²) in [6.07, 6.45) is 4.56. The smallest absolute Gasteiger partial charge is 0.248 e. The average Bonchev–Trinajstić information content (AvgIpc) is 3.27. The summed E-state index contributed by atoms with van der Waals surface area (Å²) in [6.45, 7) is 9.23. The molecule has 4 aromatic rings. The highest BCUT2D eigenvalue weighted by Crippen LogP contribution is 2.32. The lowest BCUT2D eigenvalue weighted by Crippen LogP contribution is -2.45. The van der Waals surface area contributed by atoms with Crippen molar-refractivity contribution in [2.75, 3.05) is 26.2 Å². The quantitative estimate of drug-likeness (QED) is 0.290. The summed E-state index contributed by atoms with van der Waals surface area (Å²) in [5.74, 6) is -0.397. The summed E-state index contributed by atoms with van der Waals surface area (Å²) in [6, 6.07) is 22.7. The van der Waals surface area contributed by atoms with Crippen molar-refractivity contribution in [2.24, 2.45) is 5.73 Å². The molecule has 192 valence electrons. The van der Waals surface area contributed by atoms with Crippen molar-refractivity contribution in [1.82, 2.24) is 14.4 Å². The van der Waals surface area contributed by atoms with E-state index in [1.165, 1.54) is 27.6 Å². The van der Waals surface area contributed by atoms with Gasteiger partial charge in [0.05, 0.1) is 0 Å². The van der Waals surface area contributed by atoms with Crippen LogP contribution in [0.5, 0.6) is 0 Å². The molecular formula is C31H35ClN4O. The molecule has 1 aliphatic rings. The van der Waals surface area contributed by atoms with E-state index in [0.29, 0.717) is 5.56 Å². The molecule has 5 nitrogen and oxygen atoms in total. The first-order valence-electron chi connectivity index (χ1n) is 13.2. The molecule has 1 saturated heterocycles. The zero-order chi connectivity index (χ0) is 25.8. The van der Waals surface area contributed by atoms with E-state index in [2.05, 4.69) is 57.8 Å². The molecule has 2 N–H and O–H groups in total. The number of primary amides is 1. The zero-order valence-electron chi connectivity index (χ0n) is 21.5. The van der Waals surface area contributed by atoms with Crippen LogP contribution in [0.15, 0.2) is 72.9 Å². The number of carbonyl (C=O) groups is 1. The fourth-order valence-electron chi connectivity index (χ4n) is 5.23. The molecule has 2 heterocycles. The van der Waals surface area contributed by atoms with Crippen LogP contribution in [-0.2, 0) is 19.6 Å². The minimum Gasteiger partial charge on any atom is -0.366 e. The third-order valence-corrected chi connectivity index (χ3v) is 7.77. The molecule has 0 spiro atoms. The Morgan fingerprint density at radius 2 is 1.62 bits per heavy atom. The van der Waals surface area contributed by atoms with Crippen molar-refractivity contribution in [3.05, 3.63) is 94.6 Å². The number of amides is 1. The van der Waals surface area contributed by atoms with E-state index < -0.39 is 5.91 Å². The summed E-state index contributed by atoms with van der Waals surface area (Å²) >= 11 is 6.38. The maximum atomic E-state index is 11.5. The number of fused-ring (bicyclic) bond motifs is 1. The van der Waals surface area contributed by atoms with Crippen molar-refractivity contribution < 1.29 is 4.79 Å². The number of aryl methyl sites for hydroxylation is 1. The number of piperazine rings is 1. The Bertz CT molecular complexity index is 1370. The van der Waals surface area contributed by atoms with Crippen LogP contribution in [0.3, 0.4) is 0 Å². The van der Waals surface area contributed by atoms with Crippen molar-refractivity contribution in [3.63, 3.8) is 0 Å². The molecule has 1 amide bonds. The van der Waals surface area contributed by atoms with Crippen LogP contribution in [0.1, 0.15) is 41.3 Å². The standard InChI is InChI=1S/C31H35ClN4O/c1-2-3-14-36-22-28(24-9-11-25(12-10-24)31(33)37)27-19-23(8-13-30(27)36)20-34-15-17-35(18-16-34)21-26-6-4-5-7-29(26)32/h4-13,19,22H,2-3,14-18,20-21H2,1H3,(H2,33,37). The highest BCUT2D eigenvalue weighted by molar-refractivity contribution is 6.31. The molecular weight excluding hydrogens is 480 g/mol. The van der Waals surface area contributed by atoms with Crippen molar-refractivity contribution in [1.29, 1.82) is 0 Å².